The molecule has 6 rings (SSSR count). The molecular formula is C31H27NO6. The van der Waals surface area contributed by atoms with Crippen molar-refractivity contribution in [1.29, 1.82) is 0 Å². The van der Waals surface area contributed by atoms with Crippen LogP contribution in [0.1, 0.15) is 44.7 Å². The number of ether oxygens (including phenoxy) is 3. The molecule has 7 heteroatoms. The number of rotatable bonds is 5. The third-order valence-electron chi connectivity index (χ3n) is 8.01. The van der Waals surface area contributed by atoms with Gasteiger partial charge in [0.15, 0.2) is 11.6 Å². The van der Waals surface area contributed by atoms with Gasteiger partial charge in [-0.15, -0.1) is 0 Å². The van der Waals surface area contributed by atoms with E-state index in [1.54, 1.807) is 56.5 Å². The highest BCUT2D eigenvalue weighted by Gasteiger charge is 2.72. The smallest absolute Gasteiger partial charge is 0.329 e. The Morgan fingerprint density at radius 1 is 0.921 bits per heavy atom. The van der Waals surface area contributed by atoms with Gasteiger partial charge in [0.1, 0.15) is 23.0 Å². The first-order chi connectivity index (χ1) is 18.5. The lowest BCUT2D eigenvalue weighted by atomic mass is 9.64. The normalized spacial score (nSPS) is 22.2. The zero-order chi connectivity index (χ0) is 26.6. The van der Waals surface area contributed by atoms with E-state index in [9.17, 15) is 14.4 Å². The first kappa shape index (κ1) is 24.0. The predicted molar refractivity (Wildman–Crippen MR) is 142 cm³/mol. The zero-order valence-electron chi connectivity index (χ0n) is 21.3. The number of Topliss-reactive ketones (excluding diaryl/α,β-unsaturated/α-hetero) is 2. The summed E-state index contributed by atoms with van der Waals surface area (Å²) in [7, 11) is 3.07. The second kappa shape index (κ2) is 8.87. The predicted octanol–water partition coefficient (Wildman–Crippen LogP) is 4.70. The molecule has 0 saturated carbocycles. The van der Waals surface area contributed by atoms with Gasteiger partial charge in [-0.2, -0.15) is 0 Å². The third-order valence-corrected chi connectivity index (χ3v) is 8.01. The minimum atomic E-state index is -1.62. The molecule has 7 nitrogen and oxygen atoms in total. The highest BCUT2D eigenvalue weighted by molar-refractivity contribution is 6.32. The van der Waals surface area contributed by atoms with E-state index in [4.69, 9.17) is 14.2 Å². The summed E-state index contributed by atoms with van der Waals surface area (Å²) in [6, 6.07) is 18.1. The molecule has 1 saturated heterocycles. The Morgan fingerprint density at radius 3 is 2.26 bits per heavy atom. The number of nitrogens with zero attached hydrogens (tertiary/aromatic N) is 1. The monoisotopic (exact) mass is 509 g/mol. The Morgan fingerprint density at radius 2 is 1.61 bits per heavy atom. The topological polar surface area (TPSA) is 82.1 Å². The van der Waals surface area contributed by atoms with E-state index in [1.165, 1.54) is 7.11 Å². The van der Waals surface area contributed by atoms with Gasteiger partial charge < -0.3 is 19.1 Å². The van der Waals surface area contributed by atoms with Crippen LogP contribution in [0.4, 0.5) is 5.69 Å². The van der Waals surface area contributed by atoms with Crippen molar-refractivity contribution in [1.82, 2.24) is 0 Å². The van der Waals surface area contributed by atoms with Gasteiger partial charge in [0.05, 0.1) is 26.9 Å². The molecule has 192 valence electrons. The van der Waals surface area contributed by atoms with Crippen LogP contribution in [-0.2, 0) is 9.53 Å². The summed E-state index contributed by atoms with van der Waals surface area (Å²) in [4.78, 5) is 44.9. The van der Waals surface area contributed by atoms with Crippen molar-refractivity contribution >= 4 is 29.3 Å². The number of methoxy groups -OCH3 is 2. The maximum absolute atomic E-state index is 14.6. The second-order valence-corrected chi connectivity index (χ2v) is 9.63. The van der Waals surface area contributed by atoms with Crippen LogP contribution in [0, 0.1) is 5.41 Å². The number of esters is 1. The fourth-order valence-electron chi connectivity index (χ4n) is 6.54. The van der Waals surface area contributed by atoms with Crippen molar-refractivity contribution in [3.05, 3.63) is 95.1 Å². The van der Waals surface area contributed by atoms with Gasteiger partial charge in [-0.25, -0.2) is 4.79 Å². The molecule has 1 fully saturated rings. The molecule has 3 aromatic rings. The number of hydrogen-bond acceptors (Lipinski definition) is 7. The molecule has 2 aliphatic heterocycles. The summed E-state index contributed by atoms with van der Waals surface area (Å²) in [6.07, 6.45) is 3.80. The number of hydrogen-bond donors (Lipinski definition) is 0. The SMILES string of the molecule is CCOC(=O)[C@@H]1[C@H](c2cc(OC)ccc2OC)C2(C(=O)c3ccccc3C2=O)[C@@H]2C=Cc3ccccc3N12. The highest BCUT2D eigenvalue weighted by Crippen LogP contribution is 2.61. The van der Waals surface area contributed by atoms with Gasteiger partial charge in [0.2, 0.25) is 0 Å². The van der Waals surface area contributed by atoms with Crippen molar-refractivity contribution in [2.75, 3.05) is 25.7 Å². The molecular weight excluding hydrogens is 482 g/mol. The Balaban J connectivity index is 1.71. The van der Waals surface area contributed by atoms with E-state index in [0.29, 0.717) is 28.2 Å². The Bertz CT molecular complexity index is 1470. The van der Waals surface area contributed by atoms with Gasteiger partial charge in [-0.1, -0.05) is 54.6 Å². The van der Waals surface area contributed by atoms with E-state index in [2.05, 4.69) is 0 Å². The van der Waals surface area contributed by atoms with E-state index in [1.807, 2.05) is 41.3 Å². The lowest BCUT2D eigenvalue weighted by molar-refractivity contribution is -0.145. The number of para-hydroxylation sites is 1. The highest BCUT2D eigenvalue weighted by atomic mass is 16.5. The minimum Gasteiger partial charge on any atom is -0.497 e. The maximum atomic E-state index is 14.6. The molecule has 3 atom stereocenters. The van der Waals surface area contributed by atoms with E-state index in [0.717, 1.165) is 11.3 Å². The number of ketones is 2. The van der Waals surface area contributed by atoms with Crippen LogP contribution in [0.25, 0.3) is 6.08 Å². The van der Waals surface area contributed by atoms with Gasteiger partial charge in [-0.3, -0.25) is 9.59 Å². The standard InChI is InChI=1S/C31H27NO6/c1-4-38-30(35)27-26(22-17-19(36-2)14-15-24(22)37-3)31(28(33)20-10-6-7-11-21(20)29(31)34)25-16-13-18-9-5-8-12-23(18)32(25)27/h5-17,25-27H,4H2,1-3H3/t25-,26-,27-/m0/s1. The van der Waals surface area contributed by atoms with Crippen molar-refractivity contribution in [2.24, 2.45) is 5.41 Å². The molecule has 38 heavy (non-hydrogen) atoms. The Labute approximate surface area is 220 Å². The summed E-state index contributed by atoms with van der Waals surface area (Å²) >= 11 is 0. The van der Waals surface area contributed by atoms with Crippen LogP contribution in [0.3, 0.4) is 0 Å². The molecule has 0 aromatic heterocycles. The van der Waals surface area contributed by atoms with E-state index >= 15 is 0 Å². The summed E-state index contributed by atoms with van der Waals surface area (Å²) in [5.41, 5.74) is 1.30. The maximum Gasteiger partial charge on any atom is 0.329 e. The summed E-state index contributed by atoms with van der Waals surface area (Å²) in [5, 5.41) is 0. The molecule has 3 aliphatic rings. The van der Waals surface area contributed by atoms with Gasteiger partial charge in [0, 0.05) is 28.3 Å². The van der Waals surface area contributed by atoms with Crippen molar-refractivity contribution in [2.45, 2.75) is 24.9 Å². The molecule has 1 spiro atoms. The number of fused-ring (bicyclic) bond motifs is 5. The Hall–Kier alpha value is -4.39. The van der Waals surface area contributed by atoms with Crippen LogP contribution >= 0.6 is 0 Å². The first-order valence-electron chi connectivity index (χ1n) is 12.6. The van der Waals surface area contributed by atoms with Crippen LogP contribution in [0.5, 0.6) is 11.5 Å². The fraction of sp³-hybridized carbons (Fsp3) is 0.258. The van der Waals surface area contributed by atoms with E-state index < -0.39 is 29.4 Å². The van der Waals surface area contributed by atoms with Crippen molar-refractivity contribution < 1.29 is 28.6 Å². The lowest BCUT2D eigenvalue weighted by Gasteiger charge is -2.36. The lowest BCUT2D eigenvalue weighted by Crippen LogP contribution is -2.48. The molecule has 3 aromatic carbocycles. The summed E-state index contributed by atoms with van der Waals surface area (Å²) in [6.45, 7) is 1.90. The van der Waals surface area contributed by atoms with Crippen molar-refractivity contribution in [3.8, 4) is 11.5 Å². The second-order valence-electron chi connectivity index (χ2n) is 9.63. The quantitative estimate of drug-likeness (QED) is 0.364. The van der Waals surface area contributed by atoms with Gasteiger partial charge in [-0.05, 0) is 36.8 Å². The third kappa shape index (κ3) is 3.05. The van der Waals surface area contributed by atoms with Crippen LogP contribution in [0.2, 0.25) is 0 Å². The van der Waals surface area contributed by atoms with Gasteiger partial charge in [0.25, 0.3) is 0 Å². The van der Waals surface area contributed by atoms with Crippen molar-refractivity contribution in [3.63, 3.8) is 0 Å². The Kier molecular flexibility index (Phi) is 5.60. The number of anilines is 1. The molecule has 2 heterocycles. The average Bonchev–Trinajstić information content (AvgIpc) is 3.39. The van der Waals surface area contributed by atoms with Crippen LogP contribution in [-0.4, -0.2) is 50.4 Å². The molecule has 1 aliphatic carbocycles. The zero-order valence-corrected chi connectivity index (χ0v) is 21.3. The molecule has 0 N–H and O–H groups in total. The largest absolute Gasteiger partial charge is 0.497 e. The van der Waals surface area contributed by atoms with E-state index in [-0.39, 0.29) is 18.2 Å². The molecule has 0 bridgehead atoms. The minimum absolute atomic E-state index is 0.155. The fourth-order valence-corrected chi connectivity index (χ4v) is 6.54. The number of carbonyl (C=O) groups excluding carboxylic acids is 3. The average molecular weight is 510 g/mol. The number of carbonyl (C=O) groups is 3. The van der Waals surface area contributed by atoms with Gasteiger partial charge >= 0.3 is 5.97 Å². The summed E-state index contributed by atoms with van der Waals surface area (Å²) < 4.78 is 16.9. The molecule has 0 radical (unpaired) electrons. The summed E-state index contributed by atoms with van der Waals surface area (Å²) in [5.74, 6) is -1.06. The first-order valence-corrected chi connectivity index (χ1v) is 12.6. The molecule has 0 unspecified atom stereocenters. The molecule has 0 amide bonds. The van der Waals surface area contributed by atoms with Crippen LogP contribution < -0.4 is 14.4 Å². The van der Waals surface area contributed by atoms with Crippen LogP contribution in [0.15, 0.2) is 72.8 Å². The number of benzene rings is 3.